The van der Waals surface area contributed by atoms with Gasteiger partial charge in [-0.05, 0) is 55.2 Å². The molecule has 0 fully saturated rings. The van der Waals surface area contributed by atoms with Gasteiger partial charge in [0.15, 0.2) is 11.5 Å². The molecule has 1 aliphatic rings. The molecule has 1 heterocycles. The van der Waals surface area contributed by atoms with Crippen LogP contribution in [0.2, 0.25) is 0 Å². The number of aromatic hydroxyl groups is 1. The highest BCUT2D eigenvalue weighted by molar-refractivity contribution is 8.93. The summed E-state index contributed by atoms with van der Waals surface area (Å²) in [5.41, 5.74) is 5.38. The van der Waals surface area contributed by atoms with Crippen molar-refractivity contribution in [1.82, 2.24) is 0 Å². The van der Waals surface area contributed by atoms with Crippen LogP contribution in [-0.2, 0) is 0 Å². The second-order valence-electron chi connectivity index (χ2n) is 4.96. The minimum atomic E-state index is 0. The average Bonchev–Trinajstić information content (AvgIpc) is 2.74. The van der Waals surface area contributed by atoms with Crippen LogP contribution in [0, 0.1) is 0 Å². The number of ether oxygens (including phenoxy) is 2. The lowest BCUT2D eigenvalue weighted by Crippen LogP contribution is -1.91. The first-order valence-electron chi connectivity index (χ1n) is 6.94. The molecule has 0 spiro atoms. The smallest absolute Gasteiger partial charge is 0.200 e. The predicted molar refractivity (Wildman–Crippen MR) is 95.6 cm³/mol. The van der Waals surface area contributed by atoms with E-state index in [-0.39, 0.29) is 22.7 Å². The molecule has 0 unspecified atom stereocenters. The number of phenols is 1. The van der Waals surface area contributed by atoms with E-state index < -0.39 is 0 Å². The molecule has 0 aromatic heterocycles. The van der Waals surface area contributed by atoms with Gasteiger partial charge in [-0.25, -0.2) is 0 Å². The van der Waals surface area contributed by atoms with Crippen LogP contribution in [0.25, 0.3) is 6.08 Å². The highest BCUT2D eigenvalue weighted by Gasteiger charge is 2.17. The Morgan fingerprint density at radius 1 is 1.14 bits per heavy atom. The number of halogens is 1. The molecule has 5 heteroatoms. The third-order valence-corrected chi connectivity index (χ3v) is 3.72. The summed E-state index contributed by atoms with van der Waals surface area (Å²) >= 11 is 0. The van der Waals surface area contributed by atoms with Crippen LogP contribution in [0.3, 0.4) is 0 Å². The van der Waals surface area contributed by atoms with Gasteiger partial charge >= 0.3 is 0 Å². The number of phenolic OH excluding ortho intramolecular Hbond substituents is 1. The van der Waals surface area contributed by atoms with Gasteiger partial charge in [0.25, 0.3) is 0 Å². The standard InChI is InChI=1S/C17H21NO3.BrH/c1-6-13-10(2)14(18-11(13)3)7-12-8-15(20-4)17(19)16(9-12)21-5;/h7-9,19H,6H2,1-5H3;1H/b14-7-;. The molecule has 4 nitrogen and oxygen atoms in total. The zero-order valence-corrected chi connectivity index (χ0v) is 15.3. The largest absolute Gasteiger partial charge is 0.502 e. The summed E-state index contributed by atoms with van der Waals surface area (Å²) in [6.45, 7) is 6.24. The highest BCUT2D eigenvalue weighted by atomic mass is 79.9. The predicted octanol–water partition coefficient (Wildman–Crippen LogP) is 4.53. The Kier molecular flexibility index (Phi) is 6.23. The summed E-state index contributed by atoms with van der Waals surface area (Å²) in [4.78, 5) is 4.61. The van der Waals surface area contributed by atoms with Gasteiger partial charge in [-0.15, -0.1) is 17.0 Å². The van der Waals surface area contributed by atoms with Gasteiger partial charge in [0.05, 0.1) is 19.9 Å². The van der Waals surface area contributed by atoms with Crippen LogP contribution in [0.1, 0.15) is 32.8 Å². The Bertz CT molecular complexity index is 635. The Hall–Kier alpha value is -1.75. The second kappa shape index (κ2) is 7.49. The first kappa shape index (κ1) is 18.3. The van der Waals surface area contributed by atoms with Gasteiger partial charge in [0.2, 0.25) is 5.75 Å². The van der Waals surface area contributed by atoms with Crippen LogP contribution in [0.15, 0.2) is 34.0 Å². The highest BCUT2D eigenvalue weighted by Crippen LogP contribution is 2.38. The molecule has 2 rings (SSSR count). The third kappa shape index (κ3) is 3.35. The molecule has 1 aliphatic heterocycles. The van der Waals surface area contributed by atoms with Crippen molar-refractivity contribution >= 4 is 28.8 Å². The van der Waals surface area contributed by atoms with Crippen molar-refractivity contribution in [2.75, 3.05) is 14.2 Å². The van der Waals surface area contributed by atoms with Crippen molar-refractivity contribution in [2.45, 2.75) is 27.2 Å². The average molecular weight is 368 g/mol. The molecule has 1 aromatic rings. The normalized spacial score (nSPS) is 15.7. The lowest BCUT2D eigenvalue weighted by molar-refractivity contribution is 0.340. The Balaban J connectivity index is 0.00000242. The van der Waals surface area contributed by atoms with E-state index in [1.165, 1.54) is 25.4 Å². The summed E-state index contributed by atoms with van der Waals surface area (Å²) in [5, 5.41) is 9.94. The van der Waals surface area contributed by atoms with Crippen molar-refractivity contribution in [3.63, 3.8) is 0 Å². The lowest BCUT2D eigenvalue weighted by atomic mass is 10.0. The number of rotatable bonds is 4. The molecule has 1 aromatic carbocycles. The van der Waals surface area contributed by atoms with Gasteiger partial charge < -0.3 is 14.6 Å². The van der Waals surface area contributed by atoms with Gasteiger partial charge in [0, 0.05) is 5.71 Å². The minimum absolute atomic E-state index is 0. The number of aliphatic imine (C=N–C) groups is 1. The molecule has 0 aliphatic carbocycles. The fraction of sp³-hybridized carbons (Fsp3) is 0.353. The molecule has 0 saturated heterocycles. The van der Waals surface area contributed by atoms with Crippen molar-refractivity contribution < 1.29 is 14.6 Å². The van der Waals surface area contributed by atoms with Gasteiger partial charge in [-0.3, -0.25) is 4.99 Å². The van der Waals surface area contributed by atoms with Crippen molar-refractivity contribution in [3.05, 3.63) is 34.5 Å². The molecule has 0 atom stereocenters. The zero-order chi connectivity index (χ0) is 15.6. The summed E-state index contributed by atoms with van der Waals surface area (Å²) in [5.74, 6) is 0.782. The molecule has 1 N–H and O–H groups in total. The van der Waals surface area contributed by atoms with E-state index in [0.717, 1.165) is 23.4 Å². The first-order valence-corrected chi connectivity index (χ1v) is 6.94. The minimum Gasteiger partial charge on any atom is -0.502 e. The van der Waals surface area contributed by atoms with Crippen molar-refractivity contribution in [2.24, 2.45) is 4.99 Å². The van der Waals surface area contributed by atoms with Gasteiger partial charge in [-0.1, -0.05) is 6.92 Å². The number of benzene rings is 1. The summed E-state index contributed by atoms with van der Waals surface area (Å²) in [7, 11) is 3.03. The fourth-order valence-corrected chi connectivity index (χ4v) is 2.57. The van der Waals surface area contributed by atoms with Crippen LogP contribution < -0.4 is 9.47 Å². The number of methoxy groups -OCH3 is 2. The summed E-state index contributed by atoms with van der Waals surface area (Å²) in [6, 6.07) is 3.54. The Labute approximate surface area is 141 Å². The van der Waals surface area contributed by atoms with Gasteiger partial charge in [-0.2, -0.15) is 0 Å². The van der Waals surface area contributed by atoms with Gasteiger partial charge in [0.1, 0.15) is 0 Å². The molecule has 0 amide bonds. The van der Waals surface area contributed by atoms with E-state index in [0.29, 0.717) is 11.5 Å². The third-order valence-electron chi connectivity index (χ3n) is 3.72. The Morgan fingerprint density at radius 3 is 2.09 bits per heavy atom. The zero-order valence-electron chi connectivity index (χ0n) is 13.6. The van der Waals surface area contributed by atoms with E-state index in [1.54, 1.807) is 12.1 Å². The second-order valence-corrected chi connectivity index (χ2v) is 4.96. The van der Waals surface area contributed by atoms with E-state index in [2.05, 4.69) is 18.8 Å². The van der Waals surface area contributed by atoms with E-state index >= 15 is 0 Å². The van der Waals surface area contributed by atoms with Crippen LogP contribution in [-0.4, -0.2) is 25.0 Å². The monoisotopic (exact) mass is 367 g/mol. The molecule has 0 radical (unpaired) electrons. The Morgan fingerprint density at radius 2 is 1.68 bits per heavy atom. The van der Waals surface area contributed by atoms with E-state index in [1.807, 2.05) is 13.0 Å². The first-order chi connectivity index (χ1) is 10.0. The number of allylic oxidation sites excluding steroid dienone is 2. The SMILES string of the molecule is Br.CCC1=C(C)/C(=C/c2cc(OC)c(O)c(OC)c2)N=C1C. The number of hydrogen-bond acceptors (Lipinski definition) is 4. The molecular weight excluding hydrogens is 346 g/mol. The maximum absolute atomic E-state index is 9.94. The molecule has 22 heavy (non-hydrogen) atoms. The van der Waals surface area contributed by atoms with E-state index in [4.69, 9.17) is 9.47 Å². The summed E-state index contributed by atoms with van der Waals surface area (Å²) in [6.07, 6.45) is 2.95. The lowest BCUT2D eigenvalue weighted by Gasteiger charge is -2.10. The topological polar surface area (TPSA) is 51.0 Å². The molecule has 0 saturated carbocycles. The van der Waals surface area contributed by atoms with Crippen LogP contribution in [0.4, 0.5) is 0 Å². The van der Waals surface area contributed by atoms with E-state index in [9.17, 15) is 5.11 Å². The van der Waals surface area contributed by atoms with Crippen LogP contribution in [0.5, 0.6) is 17.2 Å². The molecular formula is C17H22BrNO3. The molecule has 0 bridgehead atoms. The van der Waals surface area contributed by atoms with Crippen molar-refractivity contribution in [1.29, 1.82) is 0 Å². The maximum Gasteiger partial charge on any atom is 0.200 e. The quantitative estimate of drug-likeness (QED) is 0.850. The fourth-order valence-electron chi connectivity index (χ4n) is 2.57. The summed E-state index contributed by atoms with van der Waals surface area (Å²) < 4.78 is 10.4. The number of hydrogen-bond donors (Lipinski definition) is 1. The van der Waals surface area contributed by atoms with Crippen molar-refractivity contribution in [3.8, 4) is 17.2 Å². The van der Waals surface area contributed by atoms with Crippen LogP contribution >= 0.6 is 17.0 Å². The molecule has 120 valence electrons. The maximum atomic E-state index is 9.94. The number of nitrogens with zero attached hydrogens (tertiary/aromatic N) is 1.